The van der Waals surface area contributed by atoms with Crippen molar-refractivity contribution in [1.29, 1.82) is 0 Å². The predicted octanol–water partition coefficient (Wildman–Crippen LogP) is 1.73. The van der Waals surface area contributed by atoms with Gasteiger partial charge < -0.3 is 11.5 Å². The molecule has 0 aromatic carbocycles. The van der Waals surface area contributed by atoms with Crippen molar-refractivity contribution >= 4 is 11.3 Å². The molecule has 74 valence electrons. The SMILES string of the molecule is NC[C@@H](N)c1ccsc1C(F)(F)F. The second-order valence-electron chi connectivity index (χ2n) is 2.55. The Kier molecular flexibility index (Phi) is 2.94. The van der Waals surface area contributed by atoms with Crippen molar-refractivity contribution in [3.63, 3.8) is 0 Å². The Morgan fingerprint density at radius 2 is 2.08 bits per heavy atom. The van der Waals surface area contributed by atoms with E-state index in [0.29, 0.717) is 11.3 Å². The lowest BCUT2D eigenvalue weighted by Crippen LogP contribution is -2.22. The Morgan fingerprint density at radius 3 is 2.54 bits per heavy atom. The van der Waals surface area contributed by atoms with Gasteiger partial charge in [0.1, 0.15) is 4.88 Å². The minimum Gasteiger partial charge on any atom is -0.329 e. The van der Waals surface area contributed by atoms with Gasteiger partial charge in [-0.05, 0) is 17.0 Å². The zero-order valence-corrected chi connectivity index (χ0v) is 7.45. The van der Waals surface area contributed by atoms with E-state index in [0.717, 1.165) is 0 Å². The third-order valence-corrected chi connectivity index (χ3v) is 2.58. The van der Waals surface area contributed by atoms with Crippen LogP contribution in [0.2, 0.25) is 0 Å². The number of alkyl halides is 3. The Balaban J connectivity index is 3.03. The van der Waals surface area contributed by atoms with Gasteiger partial charge >= 0.3 is 6.18 Å². The number of thiophene rings is 1. The highest BCUT2D eigenvalue weighted by molar-refractivity contribution is 7.10. The maximum Gasteiger partial charge on any atom is 0.425 e. The molecule has 6 heteroatoms. The first-order valence-corrected chi connectivity index (χ1v) is 4.45. The second-order valence-corrected chi connectivity index (χ2v) is 3.46. The molecule has 0 bridgehead atoms. The van der Waals surface area contributed by atoms with Crippen LogP contribution in [0.15, 0.2) is 11.4 Å². The molecule has 0 radical (unpaired) electrons. The molecule has 1 aromatic heterocycles. The average Bonchev–Trinajstić information content (AvgIpc) is 2.49. The summed E-state index contributed by atoms with van der Waals surface area (Å²) in [6, 6.07) is 0.633. The molecule has 0 spiro atoms. The molecule has 0 saturated heterocycles. The Hall–Kier alpha value is -0.590. The third kappa shape index (κ3) is 2.20. The van der Waals surface area contributed by atoms with Gasteiger partial charge in [0, 0.05) is 12.6 Å². The number of hydrogen-bond donors (Lipinski definition) is 2. The Bertz CT molecular complexity index is 282. The molecule has 0 amide bonds. The minimum atomic E-state index is -4.32. The first-order chi connectivity index (χ1) is 5.96. The van der Waals surface area contributed by atoms with Crippen LogP contribution in [0.1, 0.15) is 16.5 Å². The minimum absolute atomic E-state index is 0.0137. The molecule has 0 saturated carbocycles. The highest BCUT2D eigenvalue weighted by atomic mass is 32.1. The summed E-state index contributed by atoms with van der Waals surface area (Å²) < 4.78 is 36.9. The number of hydrogen-bond acceptors (Lipinski definition) is 3. The van der Waals surface area contributed by atoms with Crippen molar-refractivity contribution in [3.8, 4) is 0 Å². The first kappa shape index (κ1) is 10.5. The summed E-state index contributed by atoms with van der Waals surface area (Å²) in [6.45, 7) is 0.0137. The molecular formula is C7H9F3N2S. The highest BCUT2D eigenvalue weighted by Crippen LogP contribution is 2.37. The van der Waals surface area contributed by atoms with E-state index in [9.17, 15) is 13.2 Å². The Labute approximate surface area is 77.3 Å². The van der Waals surface area contributed by atoms with Crippen LogP contribution in [-0.4, -0.2) is 6.54 Å². The zero-order valence-electron chi connectivity index (χ0n) is 6.64. The summed E-state index contributed by atoms with van der Waals surface area (Å²) in [5, 5.41) is 1.37. The van der Waals surface area contributed by atoms with Crippen LogP contribution in [0.3, 0.4) is 0 Å². The fourth-order valence-corrected chi connectivity index (χ4v) is 1.81. The van der Waals surface area contributed by atoms with E-state index in [1.807, 2.05) is 0 Å². The molecule has 1 heterocycles. The van der Waals surface area contributed by atoms with Crippen LogP contribution >= 0.6 is 11.3 Å². The zero-order chi connectivity index (χ0) is 10.1. The van der Waals surface area contributed by atoms with Crippen molar-refractivity contribution in [2.24, 2.45) is 11.5 Å². The maximum absolute atomic E-state index is 12.3. The van der Waals surface area contributed by atoms with Crippen LogP contribution < -0.4 is 11.5 Å². The largest absolute Gasteiger partial charge is 0.425 e. The summed E-state index contributed by atoms with van der Waals surface area (Å²) in [7, 11) is 0. The van der Waals surface area contributed by atoms with Crippen LogP contribution in [0.25, 0.3) is 0 Å². The third-order valence-electron chi connectivity index (χ3n) is 1.61. The monoisotopic (exact) mass is 210 g/mol. The van der Waals surface area contributed by atoms with Gasteiger partial charge in [-0.2, -0.15) is 13.2 Å². The van der Waals surface area contributed by atoms with E-state index in [1.165, 1.54) is 11.4 Å². The van der Waals surface area contributed by atoms with E-state index in [-0.39, 0.29) is 12.1 Å². The van der Waals surface area contributed by atoms with Crippen molar-refractivity contribution in [3.05, 3.63) is 21.9 Å². The van der Waals surface area contributed by atoms with E-state index < -0.39 is 17.1 Å². The van der Waals surface area contributed by atoms with Crippen molar-refractivity contribution < 1.29 is 13.2 Å². The standard InChI is InChI=1S/C7H9F3N2S/c8-7(9,10)6-4(1-2-13-6)5(12)3-11/h1-2,5H,3,11-12H2/t5-/m1/s1. The predicted molar refractivity (Wildman–Crippen MR) is 45.3 cm³/mol. The van der Waals surface area contributed by atoms with Gasteiger partial charge in [0.15, 0.2) is 0 Å². The van der Waals surface area contributed by atoms with Crippen LogP contribution in [0.4, 0.5) is 13.2 Å². The smallest absolute Gasteiger partial charge is 0.329 e. The summed E-state index contributed by atoms with van der Waals surface area (Å²) in [6.07, 6.45) is -4.32. The molecule has 1 aromatic rings. The molecule has 2 nitrogen and oxygen atoms in total. The maximum atomic E-state index is 12.3. The molecule has 1 rings (SSSR count). The van der Waals surface area contributed by atoms with Crippen molar-refractivity contribution in [2.75, 3.05) is 6.54 Å². The average molecular weight is 210 g/mol. The fraction of sp³-hybridized carbons (Fsp3) is 0.429. The molecule has 0 aliphatic carbocycles. The molecule has 0 fully saturated rings. The van der Waals surface area contributed by atoms with Gasteiger partial charge in [0.2, 0.25) is 0 Å². The molecule has 0 unspecified atom stereocenters. The lowest BCUT2D eigenvalue weighted by molar-refractivity contribution is -0.135. The summed E-state index contributed by atoms with van der Waals surface area (Å²) in [5.41, 5.74) is 10.7. The molecule has 4 N–H and O–H groups in total. The van der Waals surface area contributed by atoms with E-state index >= 15 is 0 Å². The molecule has 1 atom stereocenters. The topological polar surface area (TPSA) is 52.0 Å². The van der Waals surface area contributed by atoms with Crippen LogP contribution in [0, 0.1) is 0 Å². The number of nitrogens with two attached hydrogens (primary N) is 2. The van der Waals surface area contributed by atoms with E-state index in [4.69, 9.17) is 11.5 Å². The van der Waals surface area contributed by atoms with Gasteiger partial charge in [0.25, 0.3) is 0 Å². The van der Waals surface area contributed by atoms with Crippen LogP contribution in [0.5, 0.6) is 0 Å². The van der Waals surface area contributed by atoms with Crippen LogP contribution in [-0.2, 0) is 6.18 Å². The molecular weight excluding hydrogens is 201 g/mol. The first-order valence-electron chi connectivity index (χ1n) is 3.57. The van der Waals surface area contributed by atoms with Gasteiger partial charge in [-0.1, -0.05) is 0 Å². The number of halogens is 3. The molecule has 0 aliphatic heterocycles. The molecule has 0 aliphatic rings. The lowest BCUT2D eigenvalue weighted by atomic mass is 10.1. The summed E-state index contributed by atoms with van der Waals surface area (Å²) in [5.74, 6) is 0. The molecule has 13 heavy (non-hydrogen) atoms. The van der Waals surface area contributed by atoms with E-state index in [1.54, 1.807) is 0 Å². The Morgan fingerprint density at radius 1 is 1.46 bits per heavy atom. The second kappa shape index (κ2) is 3.65. The van der Waals surface area contributed by atoms with Gasteiger partial charge in [0.05, 0.1) is 0 Å². The van der Waals surface area contributed by atoms with Crippen molar-refractivity contribution in [2.45, 2.75) is 12.2 Å². The van der Waals surface area contributed by atoms with E-state index in [2.05, 4.69) is 0 Å². The lowest BCUT2D eigenvalue weighted by Gasteiger charge is -2.11. The quantitative estimate of drug-likeness (QED) is 0.781. The summed E-state index contributed by atoms with van der Waals surface area (Å²) >= 11 is 0.640. The van der Waals surface area contributed by atoms with Gasteiger partial charge in [-0.3, -0.25) is 0 Å². The normalized spacial score (nSPS) is 14.5. The highest BCUT2D eigenvalue weighted by Gasteiger charge is 2.35. The van der Waals surface area contributed by atoms with Gasteiger partial charge in [-0.25, -0.2) is 0 Å². The van der Waals surface area contributed by atoms with Gasteiger partial charge in [-0.15, -0.1) is 11.3 Å². The number of rotatable bonds is 2. The van der Waals surface area contributed by atoms with Crippen molar-refractivity contribution in [1.82, 2.24) is 0 Å². The summed E-state index contributed by atoms with van der Waals surface area (Å²) in [4.78, 5) is -0.648. The fourth-order valence-electron chi connectivity index (χ4n) is 0.969.